The lowest BCUT2D eigenvalue weighted by Crippen LogP contribution is -2.44. The van der Waals surface area contributed by atoms with Crippen molar-refractivity contribution in [2.75, 3.05) is 5.32 Å². The number of benzene rings is 3. The van der Waals surface area contributed by atoms with Crippen LogP contribution in [0.2, 0.25) is 10.0 Å². The molecule has 12 heteroatoms. The van der Waals surface area contributed by atoms with Crippen LogP contribution in [0.15, 0.2) is 54.6 Å². The van der Waals surface area contributed by atoms with Gasteiger partial charge in [-0.3, -0.25) is 25.5 Å². The number of carbonyl (C=O) groups is 3. The average molecular weight is 627 g/mol. The van der Waals surface area contributed by atoms with E-state index in [2.05, 4.69) is 22.0 Å². The monoisotopic (exact) mass is 626 g/mol. The zero-order chi connectivity index (χ0) is 31.3. The summed E-state index contributed by atoms with van der Waals surface area (Å²) in [4.78, 5) is 37.2. The molecule has 2 aliphatic heterocycles. The van der Waals surface area contributed by atoms with Crippen LogP contribution in [0.5, 0.6) is 0 Å². The fraction of sp³-hybridized carbons (Fsp3) is 0.290. The molecule has 2 aliphatic rings. The summed E-state index contributed by atoms with van der Waals surface area (Å²) in [5.41, 5.74) is -1.91. The number of hydrogen-bond donors (Lipinski definition) is 3. The van der Waals surface area contributed by atoms with E-state index in [9.17, 15) is 19.6 Å². The van der Waals surface area contributed by atoms with Crippen molar-refractivity contribution in [1.82, 2.24) is 10.6 Å². The van der Waals surface area contributed by atoms with Crippen molar-refractivity contribution in [2.24, 2.45) is 5.41 Å². The smallest absolute Gasteiger partial charge is 0.413 e. The lowest BCUT2D eigenvalue weighted by molar-refractivity contribution is 0.0846. The van der Waals surface area contributed by atoms with Crippen LogP contribution in [0.1, 0.15) is 65.0 Å². The molecule has 1 fully saturated rings. The van der Waals surface area contributed by atoms with Gasteiger partial charge in [-0.25, -0.2) is 13.6 Å². The highest BCUT2D eigenvalue weighted by Gasteiger charge is 2.61. The van der Waals surface area contributed by atoms with Crippen molar-refractivity contribution in [3.05, 3.63) is 98.5 Å². The van der Waals surface area contributed by atoms with E-state index in [1.165, 1.54) is 48.5 Å². The summed E-state index contributed by atoms with van der Waals surface area (Å²) >= 11 is 12.2. The summed E-state index contributed by atoms with van der Waals surface area (Å²) in [6.07, 6.45) is -2.04. The van der Waals surface area contributed by atoms with Gasteiger partial charge in [0.2, 0.25) is 0 Å². The molecule has 3 N–H and O–H groups in total. The molecular formula is C31H26Cl2F2N4O4. The largest absolute Gasteiger partial charge is 0.429 e. The number of halogens is 4. The maximum atomic E-state index is 15.7. The Balaban J connectivity index is 1.60. The first-order valence-electron chi connectivity index (χ1n) is 13.3. The number of nitriles is 1. The van der Waals surface area contributed by atoms with Crippen molar-refractivity contribution >= 4 is 46.8 Å². The van der Waals surface area contributed by atoms with E-state index in [-0.39, 0.29) is 38.0 Å². The number of anilines is 1. The number of nitrogens with one attached hydrogen (secondary N) is 3. The van der Waals surface area contributed by atoms with E-state index >= 15 is 8.78 Å². The molecule has 43 heavy (non-hydrogen) atoms. The minimum absolute atomic E-state index is 0.0497. The van der Waals surface area contributed by atoms with Gasteiger partial charge in [-0.05, 0) is 53.8 Å². The second-order valence-electron chi connectivity index (χ2n) is 11.7. The van der Waals surface area contributed by atoms with Gasteiger partial charge in [-0.1, -0.05) is 62.2 Å². The summed E-state index contributed by atoms with van der Waals surface area (Å²) < 4.78 is 37.2. The third kappa shape index (κ3) is 5.56. The standard InChI is InChI=1S/C31H26Cl2F2N4O4/c1-30(2,3)13-23-31(14-36,20-10-7-15(32)11-22(20)34)24(18-5-4-6-21(33)25(18)35)28(38-23)43-29(42)37-16-8-9-17-19(12-16)27(41)39-26(17)40/h4-12,23-24,28,38H,13H2,1-3H3,(H,37,42)(H,39,40,41)/t23-,24-,28+,31-/m0/s1. The second-order valence-corrected chi connectivity index (χ2v) is 12.5. The summed E-state index contributed by atoms with van der Waals surface area (Å²) in [6.45, 7) is 5.79. The molecule has 0 unspecified atom stereocenters. The molecule has 3 aromatic carbocycles. The molecule has 4 atom stereocenters. The molecule has 5 rings (SSSR count). The molecule has 0 aromatic heterocycles. The van der Waals surface area contributed by atoms with Crippen molar-refractivity contribution in [1.29, 1.82) is 5.26 Å². The van der Waals surface area contributed by atoms with Crippen molar-refractivity contribution in [3.8, 4) is 6.07 Å². The number of carbonyl (C=O) groups excluding carboxylic acids is 3. The highest BCUT2D eigenvalue weighted by Crippen LogP contribution is 2.53. The van der Waals surface area contributed by atoms with E-state index in [0.717, 1.165) is 6.07 Å². The van der Waals surface area contributed by atoms with Crippen LogP contribution < -0.4 is 16.0 Å². The summed E-state index contributed by atoms with van der Waals surface area (Å²) in [5.74, 6) is -4.06. The fourth-order valence-corrected chi connectivity index (χ4v) is 6.22. The van der Waals surface area contributed by atoms with Gasteiger partial charge in [0.05, 0.1) is 28.1 Å². The zero-order valence-corrected chi connectivity index (χ0v) is 24.7. The summed E-state index contributed by atoms with van der Waals surface area (Å²) in [7, 11) is 0. The van der Waals surface area contributed by atoms with Gasteiger partial charge >= 0.3 is 6.09 Å². The first-order valence-corrected chi connectivity index (χ1v) is 14.0. The molecule has 3 aromatic rings. The van der Waals surface area contributed by atoms with Gasteiger partial charge in [0, 0.05) is 22.3 Å². The Hall–Kier alpha value is -4.04. The minimum atomic E-state index is -1.79. The lowest BCUT2D eigenvalue weighted by atomic mass is 9.63. The topological polar surface area (TPSA) is 120 Å². The summed E-state index contributed by atoms with van der Waals surface area (Å²) in [6, 6.07) is 13.7. The fourth-order valence-electron chi connectivity index (χ4n) is 5.88. The van der Waals surface area contributed by atoms with Gasteiger partial charge in [0.1, 0.15) is 17.0 Å². The van der Waals surface area contributed by atoms with Gasteiger partial charge in [-0.2, -0.15) is 5.26 Å². The minimum Gasteiger partial charge on any atom is -0.429 e. The summed E-state index contributed by atoms with van der Waals surface area (Å²) in [5, 5.41) is 18.6. The molecule has 0 radical (unpaired) electrons. The predicted molar refractivity (Wildman–Crippen MR) is 156 cm³/mol. The zero-order valence-electron chi connectivity index (χ0n) is 23.2. The quantitative estimate of drug-likeness (QED) is 0.272. The number of nitrogens with zero attached hydrogens (tertiary/aromatic N) is 1. The maximum Gasteiger partial charge on any atom is 0.413 e. The van der Waals surface area contributed by atoms with E-state index in [0.29, 0.717) is 6.42 Å². The van der Waals surface area contributed by atoms with E-state index in [1.807, 2.05) is 20.8 Å². The number of ether oxygens (including phenoxy) is 1. The van der Waals surface area contributed by atoms with Gasteiger partial charge in [0.15, 0.2) is 6.23 Å². The third-order valence-corrected chi connectivity index (χ3v) is 8.15. The molecule has 2 heterocycles. The molecule has 0 bridgehead atoms. The number of fused-ring (bicyclic) bond motifs is 1. The molecule has 3 amide bonds. The first-order chi connectivity index (χ1) is 20.2. The van der Waals surface area contributed by atoms with Crippen molar-refractivity contribution < 1.29 is 27.9 Å². The van der Waals surface area contributed by atoms with E-state index < -0.39 is 58.6 Å². The normalized spacial score (nSPS) is 23.0. The Morgan fingerprint density at radius 1 is 1.07 bits per heavy atom. The predicted octanol–water partition coefficient (Wildman–Crippen LogP) is 6.68. The van der Waals surface area contributed by atoms with Crippen LogP contribution in [0.3, 0.4) is 0 Å². The first kappa shape index (κ1) is 30.4. The van der Waals surface area contributed by atoms with Crippen LogP contribution in [0.4, 0.5) is 19.3 Å². The lowest BCUT2D eigenvalue weighted by Gasteiger charge is -2.37. The highest BCUT2D eigenvalue weighted by atomic mass is 35.5. The molecule has 0 spiro atoms. The SMILES string of the molecule is CC(C)(C)C[C@@H]1N[C@H](OC(=O)Nc2ccc3c(c2)C(=O)NC3=O)[C@H](c2cccc(Cl)c2F)[C@@]1(C#N)c1ccc(Cl)cc1F. The molecule has 0 saturated carbocycles. The van der Waals surface area contributed by atoms with Crippen LogP contribution in [-0.2, 0) is 10.2 Å². The van der Waals surface area contributed by atoms with Gasteiger partial charge in [0.25, 0.3) is 11.8 Å². The third-order valence-electron chi connectivity index (χ3n) is 7.62. The number of amides is 3. The average Bonchev–Trinajstić information content (AvgIpc) is 3.37. The Kier molecular flexibility index (Phi) is 7.94. The van der Waals surface area contributed by atoms with E-state index in [1.54, 1.807) is 0 Å². The number of imide groups is 1. The Morgan fingerprint density at radius 3 is 2.47 bits per heavy atom. The molecule has 1 saturated heterocycles. The van der Waals surface area contributed by atoms with Gasteiger partial charge in [-0.15, -0.1) is 0 Å². The molecule has 8 nitrogen and oxygen atoms in total. The van der Waals surface area contributed by atoms with Crippen LogP contribution in [0.25, 0.3) is 0 Å². The van der Waals surface area contributed by atoms with Crippen LogP contribution in [0, 0.1) is 28.4 Å². The number of hydrogen-bond acceptors (Lipinski definition) is 6. The number of rotatable bonds is 5. The van der Waals surface area contributed by atoms with E-state index in [4.69, 9.17) is 27.9 Å². The Morgan fingerprint density at radius 2 is 1.79 bits per heavy atom. The second kappa shape index (κ2) is 11.2. The van der Waals surface area contributed by atoms with Crippen LogP contribution in [-0.4, -0.2) is 30.2 Å². The highest BCUT2D eigenvalue weighted by molar-refractivity contribution is 6.31. The van der Waals surface area contributed by atoms with Gasteiger partial charge < -0.3 is 4.74 Å². The molecule has 222 valence electrons. The van der Waals surface area contributed by atoms with Crippen molar-refractivity contribution in [2.45, 2.75) is 50.8 Å². The Bertz CT molecular complexity index is 1700. The maximum absolute atomic E-state index is 15.7. The van der Waals surface area contributed by atoms with Crippen LogP contribution >= 0.6 is 23.2 Å². The Labute approximate surface area is 256 Å². The van der Waals surface area contributed by atoms with Crippen molar-refractivity contribution in [3.63, 3.8) is 0 Å². The molecular weight excluding hydrogens is 601 g/mol. The molecule has 0 aliphatic carbocycles.